The number of aromatic hydroxyl groups is 1. The minimum absolute atomic E-state index is 0.142. The summed E-state index contributed by atoms with van der Waals surface area (Å²) in [5.74, 6) is -1.53. The van der Waals surface area contributed by atoms with Gasteiger partial charge in [0.2, 0.25) is 0 Å². The Kier molecular flexibility index (Phi) is 5.73. The van der Waals surface area contributed by atoms with E-state index in [1.807, 2.05) is 37.3 Å². The van der Waals surface area contributed by atoms with E-state index in [1.165, 1.54) is 0 Å². The summed E-state index contributed by atoms with van der Waals surface area (Å²) in [6.07, 6.45) is 0.395. The van der Waals surface area contributed by atoms with Crippen molar-refractivity contribution in [3.63, 3.8) is 0 Å². The number of fused-ring (bicyclic) bond motifs is 1. The number of nitrogens with one attached hydrogen (secondary N) is 1. The molecule has 0 spiro atoms. The number of hydrogen-bond acceptors (Lipinski definition) is 4. The van der Waals surface area contributed by atoms with Crippen molar-refractivity contribution in [2.45, 2.75) is 20.3 Å². The number of carbonyl (C=O) groups excluding carboxylic acids is 1. The van der Waals surface area contributed by atoms with Crippen LogP contribution in [0, 0.1) is 18.6 Å². The first-order valence-electron chi connectivity index (χ1n) is 9.91. The first-order chi connectivity index (χ1) is 15.3. The number of furan rings is 1. The van der Waals surface area contributed by atoms with Gasteiger partial charge in [0, 0.05) is 29.1 Å². The highest BCUT2D eigenvalue weighted by molar-refractivity contribution is 5.95. The van der Waals surface area contributed by atoms with Gasteiger partial charge in [-0.05, 0) is 67.4 Å². The van der Waals surface area contributed by atoms with E-state index in [0.29, 0.717) is 23.8 Å². The van der Waals surface area contributed by atoms with Crippen LogP contribution in [0.5, 0.6) is 5.75 Å². The summed E-state index contributed by atoms with van der Waals surface area (Å²) in [6.45, 7) is 3.59. The molecule has 3 aromatic carbocycles. The third kappa shape index (κ3) is 4.51. The monoisotopic (exact) mass is 434 g/mol. The lowest BCUT2D eigenvalue weighted by Crippen LogP contribution is -2.21. The molecule has 0 aliphatic carbocycles. The molecule has 0 saturated carbocycles. The van der Waals surface area contributed by atoms with Crippen LogP contribution in [0.1, 0.15) is 28.6 Å². The quantitative estimate of drug-likeness (QED) is 0.311. The topological polar surface area (TPSA) is 74.8 Å². The maximum atomic E-state index is 13.7. The molecule has 162 valence electrons. The summed E-state index contributed by atoms with van der Waals surface area (Å²) < 4.78 is 32.3. The van der Waals surface area contributed by atoms with Gasteiger partial charge in [0.25, 0.3) is 5.91 Å². The van der Waals surface area contributed by atoms with Gasteiger partial charge in [-0.15, -0.1) is 0 Å². The van der Waals surface area contributed by atoms with E-state index in [1.54, 1.807) is 19.1 Å². The Morgan fingerprint density at radius 1 is 1.06 bits per heavy atom. The zero-order valence-corrected chi connectivity index (χ0v) is 17.4. The highest BCUT2D eigenvalue weighted by atomic mass is 19.1. The van der Waals surface area contributed by atoms with E-state index < -0.39 is 17.5 Å². The van der Waals surface area contributed by atoms with Gasteiger partial charge < -0.3 is 9.52 Å². The first-order valence-corrected chi connectivity index (χ1v) is 9.91. The summed E-state index contributed by atoms with van der Waals surface area (Å²) in [6, 6.07) is 15.6. The minimum atomic E-state index is -0.955. The second-order valence-electron chi connectivity index (χ2n) is 7.55. The Balaban J connectivity index is 1.52. The Hall–Kier alpha value is -4.00. The van der Waals surface area contributed by atoms with Crippen LogP contribution in [0.25, 0.3) is 22.1 Å². The van der Waals surface area contributed by atoms with Crippen molar-refractivity contribution in [3.8, 4) is 16.9 Å². The molecular formula is C25H20F2N2O3. The second-order valence-corrected chi connectivity index (χ2v) is 7.55. The number of halogens is 2. The fourth-order valence-electron chi connectivity index (χ4n) is 3.48. The zero-order valence-electron chi connectivity index (χ0n) is 17.4. The van der Waals surface area contributed by atoms with Crippen molar-refractivity contribution in [1.29, 1.82) is 0 Å². The SMILES string of the molecule is CC(Cc1ccc(O)c(-c2ccc3oc(C)cc3c2)c1)=NNC(=O)c1ccc(F)cc1F. The van der Waals surface area contributed by atoms with Crippen molar-refractivity contribution < 1.29 is 23.1 Å². The van der Waals surface area contributed by atoms with Gasteiger partial charge in [-0.1, -0.05) is 12.1 Å². The molecule has 4 rings (SSSR count). The molecule has 0 fully saturated rings. The Morgan fingerprint density at radius 3 is 2.66 bits per heavy atom. The number of hydrogen-bond donors (Lipinski definition) is 2. The third-order valence-electron chi connectivity index (χ3n) is 5.00. The lowest BCUT2D eigenvalue weighted by Gasteiger charge is -2.09. The summed E-state index contributed by atoms with van der Waals surface area (Å²) in [7, 11) is 0. The summed E-state index contributed by atoms with van der Waals surface area (Å²) in [5, 5.41) is 15.3. The fourth-order valence-corrected chi connectivity index (χ4v) is 3.48. The molecule has 1 heterocycles. The Morgan fingerprint density at radius 2 is 1.88 bits per heavy atom. The summed E-state index contributed by atoms with van der Waals surface area (Å²) >= 11 is 0. The predicted octanol–water partition coefficient (Wildman–Crippen LogP) is 5.74. The van der Waals surface area contributed by atoms with Crippen molar-refractivity contribution >= 4 is 22.6 Å². The number of nitrogens with zero attached hydrogens (tertiary/aromatic N) is 1. The van der Waals surface area contributed by atoms with Crippen LogP contribution in [-0.4, -0.2) is 16.7 Å². The molecule has 0 unspecified atom stereocenters. The van der Waals surface area contributed by atoms with Gasteiger partial charge in [0.15, 0.2) is 0 Å². The van der Waals surface area contributed by atoms with Crippen LogP contribution in [-0.2, 0) is 6.42 Å². The Labute approximate surface area is 183 Å². The van der Waals surface area contributed by atoms with Crippen molar-refractivity contribution in [1.82, 2.24) is 5.43 Å². The minimum Gasteiger partial charge on any atom is -0.507 e. The maximum absolute atomic E-state index is 13.7. The van der Waals surface area contributed by atoms with Crippen molar-refractivity contribution in [2.24, 2.45) is 5.10 Å². The van der Waals surface area contributed by atoms with Crippen molar-refractivity contribution in [3.05, 3.63) is 89.2 Å². The smallest absolute Gasteiger partial charge is 0.274 e. The van der Waals surface area contributed by atoms with Gasteiger partial charge in [-0.2, -0.15) is 5.10 Å². The van der Waals surface area contributed by atoms with Crippen LogP contribution >= 0.6 is 0 Å². The molecule has 1 aromatic heterocycles. The number of rotatable bonds is 5. The lowest BCUT2D eigenvalue weighted by atomic mass is 9.99. The number of amides is 1. The van der Waals surface area contributed by atoms with Gasteiger partial charge in [0.1, 0.15) is 28.7 Å². The van der Waals surface area contributed by atoms with Crippen molar-refractivity contribution in [2.75, 3.05) is 0 Å². The first kappa shape index (κ1) is 21.2. The molecule has 4 aromatic rings. The van der Waals surface area contributed by atoms with Crippen LogP contribution in [0.3, 0.4) is 0 Å². The van der Waals surface area contributed by atoms with E-state index in [4.69, 9.17) is 4.42 Å². The van der Waals surface area contributed by atoms with E-state index in [9.17, 15) is 18.7 Å². The molecular weight excluding hydrogens is 414 g/mol. The lowest BCUT2D eigenvalue weighted by molar-refractivity contribution is 0.0950. The number of phenolic OH excluding ortho intramolecular Hbond substituents is 1. The van der Waals surface area contributed by atoms with Gasteiger partial charge in [-0.3, -0.25) is 4.79 Å². The van der Waals surface area contributed by atoms with E-state index in [0.717, 1.165) is 40.0 Å². The molecule has 5 nitrogen and oxygen atoms in total. The third-order valence-corrected chi connectivity index (χ3v) is 5.00. The maximum Gasteiger partial charge on any atom is 0.274 e. The number of hydrazone groups is 1. The summed E-state index contributed by atoms with van der Waals surface area (Å²) in [4.78, 5) is 12.1. The predicted molar refractivity (Wildman–Crippen MR) is 119 cm³/mol. The van der Waals surface area contributed by atoms with Crippen LogP contribution in [0.2, 0.25) is 0 Å². The second kappa shape index (κ2) is 8.63. The van der Waals surface area contributed by atoms with E-state index in [2.05, 4.69) is 10.5 Å². The van der Waals surface area contributed by atoms with E-state index in [-0.39, 0.29) is 11.3 Å². The molecule has 0 aliphatic rings. The molecule has 2 N–H and O–H groups in total. The van der Waals surface area contributed by atoms with Gasteiger partial charge in [0.05, 0.1) is 5.56 Å². The average molecular weight is 434 g/mol. The van der Waals surface area contributed by atoms with Crippen LogP contribution < -0.4 is 5.43 Å². The molecule has 0 aliphatic heterocycles. The molecule has 0 bridgehead atoms. The largest absolute Gasteiger partial charge is 0.507 e. The highest BCUT2D eigenvalue weighted by Gasteiger charge is 2.13. The number of phenols is 1. The Bertz CT molecular complexity index is 1360. The molecule has 1 amide bonds. The molecule has 7 heteroatoms. The number of carbonyl (C=O) groups is 1. The standard InChI is InChI=1S/C25H20F2N2O3/c1-14(28-29-25(31)20-6-5-19(26)13-22(20)27)9-16-3-7-23(30)21(11-16)17-4-8-24-18(12-17)10-15(2)32-24/h3-8,10-13,30H,9H2,1-2H3,(H,29,31). The van der Waals surface area contributed by atoms with E-state index >= 15 is 0 Å². The molecule has 0 radical (unpaired) electrons. The molecule has 32 heavy (non-hydrogen) atoms. The van der Waals surface area contributed by atoms with Crippen LogP contribution in [0.4, 0.5) is 8.78 Å². The fraction of sp³-hybridized carbons (Fsp3) is 0.120. The number of benzene rings is 3. The highest BCUT2D eigenvalue weighted by Crippen LogP contribution is 2.33. The average Bonchev–Trinajstić information content (AvgIpc) is 3.12. The number of aryl methyl sites for hydroxylation is 1. The summed E-state index contributed by atoms with van der Waals surface area (Å²) in [5.41, 5.74) is 5.70. The molecule has 0 saturated heterocycles. The van der Waals surface area contributed by atoms with Gasteiger partial charge in [-0.25, -0.2) is 14.2 Å². The molecule has 0 atom stereocenters. The van der Waals surface area contributed by atoms with Crippen LogP contribution in [0.15, 0.2) is 70.2 Å². The normalized spacial score (nSPS) is 11.7. The van der Waals surface area contributed by atoms with Gasteiger partial charge >= 0.3 is 0 Å². The zero-order chi connectivity index (χ0) is 22.8.